The summed E-state index contributed by atoms with van der Waals surface area (Å²) in [5.41, 5.74) is 0.929. The Morgan fingerprint density at radius 2 is 2.26 bits per heavy atom. The number of carboxylic acid groups (broad SMARTS) is 1. The number of aryl methyl sites for hydroxylation is 1. The first kappa shape index (κ1) is 13.7. The van der Waals surface area contributed by atoms with Gasteiger partial charge in [0.2, 0.25) is 0 Å². The highest BCUT2D eigenvalue weighted by molar-refractivity contribution is 7.09. The Balaban J connectivity index is 2.15. The second-order valence-electron chi connectivity index (χ2n) is 4.24. The van der Waals surface area contributed by atoms with Crippen LogP contribution in [-0.2, 0) is 11.3 Å². The molecule has 1 aromatic carbocycles. The molecule has 19 heavy (non-hydrogen) atoms. The normalized spacial score (nSPS) is 12.3. The summed E-state index contributed by atoms with van der Waals surface area (Å²) in [4.78, 5) is 12.3. The van der Waals surface area contributed by atoms with E-state index in [4.69, 9.17) is 0 Å². The number of rotatable bonds is 5. The number of carboxylic acids is 1. The average molecular weight is 279 g/mol. The lowest BCUT2D eigenvalue weighted by Gasteiger charge is -2.15. The molecule has 5 heteroatoms. The summed E-state index contributed by atoms with van der Waals surface area (Å²) in [7, 11) is 0. The van der Waals surface area contributed by atoms with Crippen LogP contribution in [0.1, 0.15) is 22.0 Å². The highest BCUT2D eigenvalue weighted by atomic mass is 32.1. The third-order valence-electron chi connectivity index (χ3n) is 2.84. The summed E-state index contributed by atoms with van der Waals surface area (Å²) in [6.07, 6.45) is 0. The van der Waals surface area contributed by atoms with Gasteiger partial charge in [-0.25, -0.2) is 4.39 Å². The van der Waals surface area contributed by atoms with Gasteiger partial charge in [-0.05, 0) is 35.6 Å². The molecule has 2 N–H and O–H groups in total. The van der Waals surface area contributed by atoms with Gasteiger partial charge in [-0.3, -0.25) is 10.1 Å². The predicted octanol–water partition coefficient (Wildman–Crippen LogP) is 3.11. The van der Waals surface area contributed by atoms with Gasteiger partial charge in [0.1, 0.15) is 11.9 Å². The van der Waals surface area contributed by atoms with E-state index in [-0.39, 0.29) is 5.82 Å². The summed E-state index contributed by atoms with van der Waals surface area (Å²) in [5.74, 6) is -1.40. The maximum atomic E-state index is 13.5. The highest BCUT2D eigenvalue weighted by Crippen LogP contribution is 2.18. The molecule has 0 aliphatic heterocycles. The second-order valence-corrected chi connectivity index (χ2v) is 5.27. The van der Waals surface area contributed by atoms with Gasteiger partial charge in [-0.1, -0.05) is 18.2 Å². The molecule has 0 spiro atoms. The molecule has 0 aliphatic rings. The van der Waals surface area contributed by atoms with E-state index in [0.29, 0.717) is 17.7 Å². The Morgan fingerprint density at radius 3 is 2.84 bits per heavy atom. The first-order chi connectivity index (χ1) is 9.08. The lowest BCUT2D eigenvalue weighted by Crippen LogP contribution is -2.28. The fraction of sp³-hybridized carbons (Fsp3) is 0.214. The zero-order valence-electron chi connectivity index (χ0n) is 10.4. The Bertz CT molecular complexity index is 569. The molecule has 0 amide bonds. The Hall–Kier alpha value is -1.72. The molecule has 0 fully saturated rings. The Kier molecular flexibility index (Phi) is 4.29. The number of nitrogens with one attached hydrogen (secondary N) is 1. The minimum absolute atomic E-state index is 0.387. The van der Waals surface area contributed by atoms with E-state index in [9.17, 15) is 14.3 Å². The molecule has 0 aliphatic carbocycles. The fourth-order valence-corrected chi connectivity index (χ4v) is 2.41. The summed E-state index contributed by atoms with van der Waals surface area (Å²) >= 11 is 1.55. The number of hydrogen-bond acceptors (Lipinski definition) is 3. The smallest absolute Gasteiger partial charge is 0.325 e. The van der Waals surface area contributed by atoms with Gasteiger partial charge < -0.3 is 5.11 Å². The molecule has 1 aromatic heterocycles. The molecular weight excluding hydrogens is 265 g/mol. The van der Waals surface area contributed by atoms with Gasteiger partial charge in [0.05, 0.1) is 0 Å². The molecule has 1 atom stereocenters. The summed E-state index contributed by atoms with van der Waals surface area (Å²) in [6.45, 7) is 2.10. The van der Waals surface area contributed by atoms with E-state index in [1.54, 1.807) is 30.4 Å². The van der Waals surface area contributed by atoms with Crippen molar-refractivity contribution in [2.75, 3.05) is 0 Å². The third-order valence-corrected chi connectivity index (χ3v) is 3.71. The van der Waals surface area contributed by atoms with E-state index in [1.807, 2.05) is 17.5 Å². The van der Waals surface area contributed by atoms with E-state index in [0.717, 1.165) is 4.88 Å². The van der Waals surface area contributed by atoms with Crippen molar-refractivity contribution in [3.05, 3.63) is 57.5 Å². The lowest BCUT2D eigenvalue weighted by molar-refractivity contribution is -0.139. The zero-order chi connectivity index (χ0) is 13.8. The van der Waals surface area contributed by atoms with Crippen molar-refractivity contribution in [3.63, 3.8) is 0 Å². The van der Waals surface area contributed by atoms with Gasteiger partial charge in [-0.2, -0.15) is 0 Å². The van der Waals surface area contributed by atoms with E-state index in [2.05, 4.69) is 5.32 Å². The van der Waals surface area contributed by atoms with Crippen molar-refractivity contribution in [2.24, 2.45) is 0 Å². The minimum Gasteiger partial charge on any atom is -0.480 e. The first-order valence-corrected chi connectivity index (χ1v) is 6.70. The topological polar surface area (TPSA) is 49.3 Å². The van der Waals surface area contributed by atoms with Crippen molar-refractivity contribution < 1.29 is 14.3 Å². The molecule has 0 saturated carbocycles. The van der Waals surface area contributed by atoms with Crippen LogP contribution in [0, 0.1) is 12.7 Å². The third kappa shape index (κ3) is 3.39. The van der Waals surface area contributed by atoms with Gasteiger partial charge >= 0.3 is 5.97 Å². The van der Waals surface area contributed by atoms with E-state index < -0.39 is 12.0 Å². The van der Waals surface area contributed by atoms with Crippen LogP contribution < -0.4 is 5.32 Å². The van der Waals surface area contributed by atoms with Gasteiger partial charge in [0, 0.05) is 11.4 Å². The molecule has 0 saturated heterocycles. The second kappa shape index (κ2) is 5.95. The molecule has 3 nitrogen and oxygen atoms in total. The molecule has 1 heterocycles. The van der Waals surface area contributed by atoms with Crippen LogP contribution in [0.25, 0.3) is 0 Å². The molecule has 1 unspecified atom stereocenters. The van der Waals surface area contributed by atoms with Crippen molar-refractivity contribution in [1.29, 1.82) is 0 Å². The largest absolute Gasteiger partial charge is 0.480 e. The van der Waals surface area contributed by atoms with Crippen LogP contribution in [0.15, 0.2) is 35.7 Å². The number of carbonyl (C=O) groups is 1. The number of thiophene rings is 1. The molecule has 100 valence electrons. The van der Waals surface area contributed by atoms with Gasteiger partial charge in [0.25, 0.3) is 0 Å². The minimum atomic E-state index is -1.01. The fourth-order valence-electron chi connectivity index (χ4n) is 1.75. The summed E-state index contributed by atoms with van der Waals surface area (Å²) in [5, 5.41) is 14.1. The molecular formula is C14H14FNO2S. The van der Waals surface area contributed by atoms with Crippen molar-refractivity contribution in [3.8, 4) is 0 Å². The standard InChI is InChI=1S/C14H14FNO2S/c1-9-4-5-10(7-12(9)15)13(14(17)18)16-8-11-3-2-6-19-11/h2-7,13,16H,8H2,1H3,(H,17,18). The number of hydrogen-bond donors (Lipinski definition) is 2. The Morgan fingerprint density at radius 1 is 1.47 bits per heavy atom. The number of halogens is 1. The molecule has 0 radical (unpaired) electrons. The van der Waals surface area contributed by atoms with Gasteiger partial charge in [-0.15, -0.1) is 11.3 Å². The van der Waals surface area contributed by atoms with Crippen LogP contribution >= 0.6 is 11.3 Å². The van der Waals surface area contributed by atoms with Gasteiger partial charge in [0.15, 0.2) is 0 Å². The quantitative estimate of drug-likeness (QED) is 0.884. The van der Waals surface area contributed by atoms with Crippen LogP contribution in [-0.4, -0.2) is 11.1 Å². The Labute approximate surface area is 114 Å². The number of benzene rings is 1. The maximum Gasteiger partial charge on any atom is 0.325 e. The zero-order valence-corrected chi connectivity index (χ0v) is 11.2. The van der Waals surface area contributed by atoms with Crippen LogP contribution in [0.4, 0.5) is 4.39 Å². The van der Waals surface area contributed by atoms with Crippen LogP contribution in [0.3, 0.4) is 0 Å². The van der Waals surface area contributed by atoms with Crippen LogP contribution in [0.2, 0.25) is 0 Å². The van der Waals surface area contributed by atoms with Crippen molar-refractivity contribution in [1.82, 2.24) is 5.32 Å². The SMILES string of the molecule is Cc1ccc(C(NCc2cccs2)C(=O)O)cc1F. The lowest BCUT2D eigenvalue weighted by atomic mass is 10.0. The van der Waals surface area contributed by atoms with E-state index in [1.165, 1.54) is 6.07 Å². The number of aliphatic carboxylic acids is 1. The van der Waals surface area contributed by atoms with Crippen LogP contribution in [0.5, 0.6) is 0 Å². The molecule has 2 rings (SSSR count). The summed E-state index contributed by atoms with van der Waals surface area (Å²) < 4.78 is 13.5. The molecule has 0 bridgehead atoms. The first-order valence-electron chi connectivity index (χ1n) is 5.82. The summed E-state index contributed by atoms with van der Waals surface area (Å²) in [6, 6.07) is 7.42. The highest BCUT2D eigenvalue weighted by Gasteiger charge is 2.20. The maximum absolute atomic E-state index is 13.5. The van der Waals surface area contributed by atoms with Crippen molar-refractivity contribution in [2.45, 2.75) is 19.5 Å². The predicted molar refractivity (Wildman–Crippen MR) is 72.7 cm³/mol. The molecule has 2 aromatic rings. The average Bonchev–Trinajstić information content (AvgIpc) is 2.86. The monoisotopic (exact) mass is 279 g/mol. The van der Waals surface area contributed by atoms with E-state index >= 15 is 0 Å². The van der Waals surface area contributed by atoms with Crippen molar-refractivity contribution >= 4 is 17.3 Å².